The molecule has 0 saturated carbocycles. The Hall–Kier alpha value is -1.66. The number of nitrogen functional groups attached to an aromatic ring is 1. The average Bonchev–Trinajstić information content (AvgIpc) is 2.77. The first-order chi connectivity index (χ1) is 9.16. The van der Waals surface area contributed by atoms with E-state index in [9.17, 15) is 4.79 Å². The number of carbonyl (C=O) groups excluding carboxylic acids is 1. The zero-order valence-electron chi connectivity index (χ0n) is 10.8. The van der Waals surface area contributed by atoms with Crippen LogP contribution in [0.3, 0.4) is 0 Å². The summed E-state index contributed by atoms with van der Waals surface area (Å²) in [5, 5.41) is 0.928. The van der Waals surface area contributed by atoms with E-state index in [1.165, 1.54) is 11.3 Å². The highest BCUT2D eigenvalue weighted by Gasteiger charge is 2.24. The van der Waals surface area contributed by atoms with Gasteiger partial charge >= 0.3 is 0 Å². The quantitative estimate of drug-likeness (QED) is 0.852. The molecule has 1 amide bonds. The van der Waals surface area contributed by atoms with Gasteiger partial charge in [-0.2, -0.15) is 0 Å². The van der Waals surface area contributed by atoms with Crippen molar-refractivity contribution in [3.63, 3.8) is 0 Å². The molecule has 2 N–H and O–H groups in total. The molecule has 1 aliphatic rings. The Kier molecular flexibility index (Phi) is 3.12. The summed E-state index contributed by atoms with van der Waals surface area (Å²) in [6.07, 6.45) is 3.46. The van der Waals surface area contributed by atoms with E-state index in [1.807, 2.05) is 11.0 Å². The van der Waals surface area contributed by atoms with E-state index in [0.29, 0.717) is 10.6 Å². The third-order valence-corrected chi connectivity index (χ3v) is 4.66. The van der Waals surface area contributed by atoms with Gasteiger partial charge in [-0.3, -0.25) is 9.78 Å². The van der Waals surface area contributed by atoms with E-state index >= 15 is 0 Å². The first kappa shape index (κ1) is 12.4. The van der Waals surface area contributed by atoms with Gasteiger partial charge in [0.05, 0.1) is 10.4 Å². The van der Waals surface area contributed by atoms with E-state index < -0.39 is 0 Å². The fraction of sp³-hybridized carbons (Fsp3) is 0.385. The highest BCUT2D eigenvalue weighted by atomic mass is 32.1. The number of anilines is 1. The number of thiophene rings is 1. The number of rotatable bonds is 1. The van der Waals surface area contributed by atoms with Crippen molar-refractivity contribution in [3.05, 3.63) is 23.3 Å². The summed E-state index contributed by atoms with van der Waals surface area (Å²) in [5.74, 6) is 0.0480. The smallest absolute Gasteiger partial charge is 0.266 e. The summed E-state index contributed by atoms with van der Waals surface area (Å²) in [5.41, 5.74) is 6.69. The molecule has 1 saturated heterocycles. The number of pyridine rings is 1. The Labute approximate surface area is 115 Å². The lowest BCUT2D eigenvalue weighted by molar-refractivity contribution is 0.0670. The van der Waals surface area contributed by atoms with Gasteiger partial charge in [-0.15, -0.1) is 11.3 Å². The van der Waals surface area contributed by atoms with Crippen molar-refractivity contribution < 1.29 is 4.79 Å². The number of carbonyl (C=O) groups is 1. The molecule has 0 radical (unpaired) electrons. The number of amides is 1. The van der Waals surface area contributed by atoms with Crippen LogP contribution in [0, 0.1) is 0 Å². The summed E-state index contributed by atoms with van der Waals surface area (Å²) < 4.78 is 0.970. The Morgan fingerprint density at radius 2 is 2.11 bits per heavy atom. The predicted molar refractivity (Wildman–Crippen MR) is 77.4 cm³/mol. The maximum atomic E-state index is 12.5. The van der Waals surface area contributed by atoms with Crippen LogP contribution in [0.2, 0.25) is 0 Å². The molecule has 5 nitrogen and oxygen atoms in total. The van der Waals surface area contributed by atoms with Crippen LogP contribution in [-0.4, -0.2) is 53.9 Å². The van der Waals surface area contributed by atoms with E-state index in [1.54, 1.807) is 12.4 Å². The second-order valence-corrected chi connectivity index (χ2v) is 5.86. The molecule has 100 valence electrons. The second-order valence-electron chi connectivity index (χ2n) is 4.81. The summed E-state index contributed by atoms with van der Waals surface area (Å²) in [6.45, 7) is 3.36. The van der Waals surface area contributed by atoms with Crippen molar-refractivity contribution in [2.75, 3.05) is 39.0 Å². The molecule has 6 heteroatoms. The van der Waals surface area contributed by atoms with Gasteiger partial charge in [0.1, 0.15) is 4.88 Å². The molecular formula is C13H16N4OS. The molecule has 0 spiro atoms. The van der Waals surface area contributed by atoms with Crippen LogP contribution in [0.15, 0.2) is 18.5 Å². The van der Waals surface area contributed by atoms with Crippen molar-refractivity contribution in [2.45, 2.75) is 0 Å². The van der Waals surface area contributed by atoms with Crippen LogP contribution in [0.5, 0.6) is 0 Å². The van der Waals surface area contributed by atoms with E-state index in [2.05, 4.69) is 16.9 Å². The molecular weight excluding hydrogens is 260 g/mol. The minimum absolute atomic E-state index is 0.0480. The number of fused-ring (bicyclic) bond motifs is 1. The van der Waals surface area contributed by atoms with Crippen molar-refractivity contribution in [1.82, 2.24) is 14.8 Å². The fourth-order valence-corrected chi connectivity index (χ4v) is 3.34. The summed E-state index contributed by atoms with van der Waals surface area (Å²) in [4.78, 5) is 21.3. The number of nitrogens with two attached hydrogens (primary N) is 1. The van der Waals surface area contributed by atoms with Gasteiger partial charge in [-0.1, -0.05) is 0 Å². The van der Waals surface area contributed by atoms with Crippen molar-refractivity contribution in [1.29, 1.82) is 0 Å². The highest BCUT2D eigenvalue weighted by molar-refractivity contribution is 7.21. The molecule has 0 aromatic carbocycles. The molecule has 0 atom stereocenters. The number of piperazine rings is 1. The molecule has 3 heterocycles. The standard InChI is InChI=1S/C13H16N4OS/c1-16-4-6-17(7-5-16)13(18)12-11(14)9-2-3-15-8-10(9)19-12/h2-3,8H,4-7,14H2,1H3. The van der Waals surface area contributed by atoms with Crippen LogP contribution < -0.4 is 5.73 Å². The normalized spacial score (nSPS) is 17.0. The molecule has 0 unspecified atom stereocenters. The Morgan fingerprint density at radius 1 is 1.37 bits per heavy atom. The predicted octanol–water partition coefficient (Wildman–Crippen LogP) is 1.27. The first-order valence-electron chi connectivity index (χ1n) is 6.26. The van der Waals surface area contributed by atoms with Gasteiger partial charge in [0, 0.05) is 44.0 Å². The molecule has 0 aliphatic carbocycles. The fourth-order valence-electron chi connectivity index (χ4n) is 2.28. The molecule has 3 rings (SSSR count). The maximum Gasteiger partial charge on any atom is 0.266 e. The lowest BCUT2D eigenvalue weighted by Crippen LogP contribution is -2.47. The summed E-state index contributed by atoms with van der Waals surface area (Å²) in [7, 11) is 2.07. The van der Waals surface area contributed by atoms with Gasteiger partial charge in [0.15, 0.2) is 0 Å². The third kappa shape index (κ3) is 2.17. The minimum atomic E-state index is 0.0480. The number of aromatic nitrogens is 1. The topological polar surface area (TPSA) is 62.5 Å². The van der Waals surface area contributed by atoms with E-state index in [4.69, 9.17) is 5.73 Å². The van der Waals surface area contributed by atoms with E-state index in [0.717, 1.165) is 36.3 Å². The highest BCUT2D eigenvalue weighted by Crippen LogP contribution is 2.33. The van der Waals surface area contributed by atoms with Crippen molar-refractivity contribution >= 4 is 33.0 Å². The summed E-state index contributed by atoms with van der Waals surface area (Å²) in [6, 6.07) is 1.86. The zero-order chi connectivity index (χ0) is 13.4. The molecule has 2 aromatic heterocycles. The Bertz CT molecular complexity index is 616. The number of nitrogens with zero attached hydrogens (tertiary/aromatic N) is 3. The van der Waals surface area contributed by atoms with Gasteiger partial charge < -0.3 is 15.5 Å². The van der Waals surface area contributed by atoms with Gasteiger partial charge in [-0.05, 0) is 13.1 Å². The van der Waals surface area contributed by atoms with E-state index in [-0.39, 0.29) is 5.91 Å². The maximum absolute atomic E-state index is 12.5. The Balaban J connectivity index is 1.91. The van der Waals surface area contributed by atoms with Gasteiger partial charge in [-0.25, -0.2) is 0 Å². The van der Waals surface area contributed by atoms with Gasteiger partial charge in [0.25, 0.3) is 5.91 Å². The molecule has 19 heavy (non-hydrogen) atoms. The third-order valence-electron chi connectivity index (χ3n) is 3.52. The van der Waals surface area contributed by atoms with Gasteiger partial charge in [0.2, 0.25) is 0 Å². The zero-order valence-corrected chi connectivity index (χ0v) is 11.6. The SMILES string of the molecule is CN1CCN(C(=O)c2sc3cnccc3c2N)CC1. The van der Waals surface area contributed by atoms with Crippen LogP contribution in [0.4, 0.5) is 5.69 Å². The number of hydrogen-bond donors (Lipinski definition) is 1. The second kappa shape index (κ2) is 4.79. The minimum Gasteiger partial charge on any atom is -0.397 e. The monoisotopic (exact) mass is 276 g/mol. The lowest BCUT2D eigenvalue weighted by atomic mass is 10.2. The van der Waals surface area contributed by atoms with Crippen molar-refractivity contribution in [3.8, 4) is 0 Å². The van der Waals surface area contributed by atoms with Crippen LogP contribution in [0.25, 0.3) is 10.1 Å². The number of hydrogen-bond acceptors (Lipinski definition) is 5. The summed E-state index contributed by atoms with van der Waals surface area (Å²) >= 11 is 1.43. The average molecular weight is 276 g/mol. The van der Waals surface area contributed by atoms with Crippen molar-refractivity contribution in [2.24, 2.45) is 0 Å². The first-order valence-corrected chi connectivity index (χ1v) is 7.08. The Morgan fingerprint density at radius 3 is 2.79 bits per heavy atom. The molecule has 0 bridgehead atoms. The molecule has 1 fully saturated rings. The van der Waals surface area contributed by atoms with Crippen LogP contribution in [0.1, 0.15) is 9.67 Å². The molecule has 2 aromatic rings. The van der Waals surface area contributed by atoms with Crippen LogP contribution >= 0.6 is 11.3 Å². The molecule has 1 aliphatic heterocycles. The lowest BCUT2D eigenvalue weighted by Gasteiger charge is -2.32. The number of likely N-dealkylation sites (N-methyl/N-ethyl adjacent to an activating group) is 1. The largest absolute Gasteiger partial charge is 0.397 e. The van der Waals surface area contributed by atoms with Crippen LogP contribution in [-0.2, 0) is 0 Å².